The highest BCUT2D eigenvalue weighted by atomic mass is 31.1. The molecule has 6 heteroatoms. The van der Waals surface area contributed by atoms with Crippen LogP contribution >= 0.6 is 26.7 Å². The highest BCUT2D eigenvalue weighted by Crippen LogP contribution is 2.21. The van der Waals surface area contributed by atoms with Gasteiger partial charge in [-0.3, -0.25) is 0 Å². The molecule has 0 amide bonds. The van der Waals surface area contributed by atoms with Crippen molar-refractivity contribution in [2.75, 3.05) is 25.5 Å². The van der Waals surface area contributed by atoms with Crippen molar-refractivity contribution in [2.45, 2.75) is 6.92 Å². The normalized spacial score (nSPS) is 18.5. The summed E-state index contributed by atoms with van der Waals surface area (Å²) in [5.41, 5.74) is 0. The van der Waals surface area contributed by atoms with Crippen molar-refractivity contribution in [3.8, 4) is 0 Å². The average molecular weight is 214 g/mol. The second-order valence-corrected chi connectivity index (χ2v) is 6.02. The molecule has 11 heavy (non-hydrogen) atoms. The van der Waals surface area contributed by atoms with Crippen LogP contribution in [0.3, 0.4) is 0 Å². The molecule has 3 nitrogen and oxygen atoms in total. The van der Waals surface area contributed by atoms with Crippen molar-refractivity contribution in [2.24, 2.45) is 5.84 Å². The molecule has 3 N–H and O–H groups in total. The zero-order valence-electron chi connectivity index (χ0n) is 7.22. The van der Waals surface area contributed by atoms with E-state index in [0.29, 0.717) is 4.47 Å². The molecule has 0 saturated carbocycles. The van der Waals surface area contributed by atoms with E-state index >= 15 is 0 Å². The Kier molecular flexibility index (Phi) is 7.37. The number of nitrogens with zero attached hydrogens (tertiary/aromatic N) is 1. The number of hydrogen-bond acceptors (Lipinski definition) is 2. The molecular weight excluding hydrogens is 195 g/mol. The minimum absolute atomic E-state index is 0.486. The van der Waals surface area contributed by atoms with Gasteiger partial charge in [0, 0.05) is 14.9 Å². The molecule has 0 aromatic heterocycles. The Hall–Kier alpha value is 1.17. The van der Waals surface area contributed by atoms with E-state index in [0.717, 1.165) is 29.8 Å². The summed E-state index contributed by atoms with van der Waals surface area (Å²) >= 11 is 0. The first-order valence-electron chi connectivity index (χ1n) is 3.73. The highest BCUT2D eigenvalue weighted by Gasteiger charge is 2.13. The summed E-state index contributed by atoms with van der Waals surface area (Å²) in [7, 11) is 6.26. The SMILES string of the molecule is CCP[N+](C)(N)NPCCP. The van der Waals surface area contributed by atoms with Crippen LogP contribution in [0.15, 0.2) is 0 Å². The fourth-order valence-corrected chi connectivity index (χ4v) is 2.89. The third-order valence-corrected chi connectivity index (χ3v) is 4.40. The number of nitrogens with one attached hydrogen (secondary N) is 1. The zero-order chi connectivity index (χ0) is 8.74. The van der Waals surface area contributed by atoms with Crippen LogP contribution in [0, 0.1) is 0 Å². The molecule has 0 saturated heterocycles. The van der Waals surface area contributed by atoms with E-state index in [1.807, 2.05) is 7.05 Å². The molecule has 68 valence electrons. The van der Waals surface area contributed by atoms with Gasteiger partial charge in [-0.15, -0.1) is 14.4 Å². The first-order valence-corrected chi connectivity index (χ1v) is 6.90. The lowest BCUT2D eigenvalue weighted by molar-refractivity contribution is -0.826. The molecule has 0 spiro atoms. The zero-order valence-corrected chi connectivity index (χ0v) is 10.4. The quantitative estimate of drug-likeness (QED) is 0.298. The van der Waals surface area contributed by atoms with Crippen molar-refractivity contribution in [1.82, 2.24) is 5.20 Å². The molecule has 0 bridgehead atoms. The minimum Gasteiger partial charge on any atom is -0.161 e. The second-order valence-electron chi connectivity index (χ2n) is 2.41. The Morgan fingerprint density at radius 1 is 1.64 bits per heavy atom. The Morgan fingerprint density at radius 2 is 2.27 bits per heavy atom. The monoisotopic (exact) mass is 214 g/mol. The molecule has 0 fully saturated rings. The second kappa shape index (κ2) is 6.66. The summed E-state index contributed by atoms with van der Waals surface area (Å²) in [6, 6.07) is 0. The van der Waals surface area contributed by atoms with Crippen LogP contribution in [-0.2, 0) is 0 Å². The van der Waals surface area contributed by atoms with E-state index in [1.54, 1.807) is 0 Å². The van der Waals surface area contributed by atoms with Crippen molar-refractivity contribution < 1.29 is 4.47 Å². The van der Waals surface area contributed by atoms with Gasteiger partial charge in [0.05, 0.1) is 0 Å². The number of quaternary nitrogens is 1. The van der Waals surface area contributed by atoms with Crippen molar-refractivity contribution in [1.29, 1.82) is 0 Å². The first-order chi connectivity index (χ1) is 5.12. The van der Waals surface area contributed by atoms with E-state index in [1.165, 1.54) is 6.16 Å². The van der Waals surface area contributed by atoms with E-state index in [2.05, 4.69) is 21.4 Å². The Morgan fingerprint density at radius 3 is 2.73 bits per heavy atom. The van der Waals surface area contributed by atoms with Gasteiger partial charge in [-0.2, -0.15) is 10.3 Å². The highest BCUT2D eigenvalue weighted by molar-refractivity contribution is 7.37. The smallest absolute Gasteiger partial charge is 0.129 e. The lowest BCUT2D eigenvalue weighted by atomic mass is 11.0. The maximum absolute atomic E-state index is 5.91. The molecule has 0 heterocycles. The van der Waals surface area contributed by atoms with E-state index < -0.39 is 0 Å². The van der Waals surface area contributed by atoms with Crippen LogP contribution in [0.4, 0.5) is 0 Å². The van der Waals surface area contributed by atoms with Crippen LogP contribution in [0.5, 0.6) is 0 Å². The standard InChI is InChI=1S/C5H19N3P3/c1-3-11-8(2,6)7-10-5-4-9/h7,10-11H,3-6,9H2,1-2H3/q+1. The topological polar surface area (TPSA) is 38.0 Å². The lowest BCUT2D eigenvalue weighted by Gasteiger charge is -2.26. The summed E-state index contributed by atoms with van der Waals surface area (Å²) in [4.78, 5) is 0. The molecule has 0 aliphatic heterocycles. The maximum atomic E-state index is 5.91. The third-order valence-electron chi connectivity index (χ3n) is 1.07. The van der Waals surface area contributed by atoms with Gasteiger partial charge in [0.15, 0.2) is 0 Å². The van der Waals surface area contributed by atoms with E-state index in [-0.39, 0.29) is 0 Å². The largest absolute Gasteiger partial charge is 0.161 e. The lowest BCUT2D eigenvalue weighted by Crippen LogP contribution is -2.50. The molecule has 0 aliphatic carbocycles. The van der Waals surface area contributed by atoms with Crippen molar-refractivity contribution >= 4 is 26.7 Å². The summed E-state index contributed by atoms with van der Waals surface area (Å²) < 4.78 is 0.486. The van der Waals surface area contributed by atoms with Gasteiger partial charge in [0.25, 0.3) is 0 Å². The molecule has 0 aromatic carbocycles. The van der Waals surface area contributed by atoms with Crippen molar-refractivity contribution in [3.63, 3.8) is 0 Å². The van der Waals surface area contributed by atoms with Gasteiger partial charge in [0.2, 0.25) is 0 Å². The third kappa shape index (κ3) is 7.53. The number of rotatable bonds is 6. The number of nitrogens with two attached hydrogens (primary N) is 1. The molecule has 0 aliphatic rings. The molecule has 0 rings (SSSR count). The van der Waals surface area contributed by atoms with Crippen LogP contribution < -0.4 is 11.0 Å². The average Bonchev–Trinajstić information content (AvgIpc) is 1.87. The van der Waals surface area contributed by atoms with Gasteiger partial charge in [-0.1, -0.05) is 6.92 Å². The predicted octanol–water partition coefficient (Wildman–Crippen LogP) is 0.893. The van der Waals surface area contributed by atoms with E-state index in [4.69, 9.17) is 5.84 Å². The molecule has 0 aromatic rings. The minimum atomic E-state index is 0.486. The van der Waals surface area contributed by atoms with Crippen LogP contribution in [0.25, 0.3) is 0 Å². The van der Waals surface area contributed by atoms with Gasteiger partial charge in [-0.05, 0) is 12.3 Å². The fourth-order valence-electron chi connectivity index (χ4n) is 0.660. The predicted molar refractivity (Wildman–Crippen MR) is 60.1 cm³/mol. The van der Waals surface area contributed by atoms with Gasteiger partial charge in [0.1, 0.15) is 15.8 Å². The number of hydrogen-bond donors (Lipinski definition) is 2. The Balaban J connectivity index is 3.38. The Labute approximate surface area is 75.3 Å². The van der Waals surface area contributed by atoms with Gasteiger partial charge < -0.3 is 0 Å². The van der Waals surface area contributed by atoms with Gasteiger partial charge in [-0.25, -0.2) is 0 Å². The molecule has 0 radical (unpaired) electrons. The van der Waals surface area contributed by atoms with E-state index in [9.17, 15) is 0 Å². The van der Waals surface area contributed by atoms with Crippen LogP contribution in [-0.4, -0.2) is 30.0 Å². The molecule has 4 atom stereocenters. The summed E-state index contributed by atoms with van der Waals surface area (Å²) in [6.45, 7) is 2.16. The maximum Gasteiger partial charge on any atom is 0.129 e. The molecule has 4 unspecified atom stereocenters. The van der Waals surface area contributed by atoms with Gasteiger partial charge >= 0.3 is 0 Å². The first kappa shape index (κ1) is 12.2. The van der Waals surface area contributed by atoms with Crippen LogP contribution in [0.1, 0.15) is 6.92 Å². The summed E-state index contributed by atoms with van der Waals surface area (Å²) in [6.07, 6.45) is 3.50. The molecular formula is C5H19N3P3+. The van der Waals surface area contributed by atoms with Crippen molar-refractivity contribution in [3.05, 3.63) is 0 Å². The summed E-state index contributed by atoms with van der Waals surface area (Å²) in [5, 5.41) is 3.30. The van der Waals surface area contributed by atoms with Crippen LogP contribution in [0.2, 0.25) is 0 Å². The fraction of sp³-hybridized carbons (Fsp3) is 1.00. The Bertz CT molecular complexity index is 99.0. The summed E-state index contributed by atoms with van der Waals surface area (Å²) in [5.74, 6) is 5.91.